The Morgan fingerprint density at radius 3 is 2.50 bits per heavy atom. The highest BCUT2D eigenvalue weighted by Gasteiger charge is 2.16. The molecular formula is C12H14BrNO2. The Bertz CT molecular complexity index is 375. The van der Waals surface area contributed by atoms with E-state index in [0.29, 0.717) is 12.8 Å². The highest BCUT2D eigenvalue weighted by atomic mass is 79.9. The van der Waals surface area contributed by atoms with Crippen LogP contribution in [0.2, 0.25) is 0 Å². The summed E-state index contributed by atoms with van der Waals surface area (Å²) in [5.41, 5.74) is 1.04. The smallest absolute Gasteiger partial charge is 0.232 e. The largest absolute Gasteiger partial charge is 0.341 e. The number of halogens is 1. The van der Waals surface area contributed by atoms with Crippen LogP contribution in [-0.4, -0.2) is 24.1 Å². The average Bonchev–Trinajstić information content (AvgIpc) is 2.30. The van der Waals surface area contributed by atoms with Gasteiger partial charge in [-0.25, -0.2) is 0 Å². The van der Waals surface area contributed by atoms with Crippen LogP contribution in [0.4, 0.5) is 0 Å². The molecule has 0 spiro atoms. The van der Waals surface area contributed by atoms with Crippen LogP contribution < -0.4 is 0 Å². The van der Waals surface area contributed by atoms with Gasteiger partial charge in [0.1, 0.15) is 6.29 Å². The first-order chi connectivity index (χ1) is 7.54. The van der Waals surface area contributed by atoms with Gasteiger partial charge in [0.05, 0.1) is 5.92 Å². The third kappa shape index (κ3) is 3.45. The molecule has 4 heteroatoms. The average molecular weight is 284 g/mol. The van der Waals surface area contributed by atoms with Crippen LogP contribution in [-0.2, 0) is 16.1 Å². The number of hydrogen-bond acceptors (Lipinski definition) is 2. The molecule has 0 aromatic heterocycles. The van der Waals surface area contributed by atoms with Crippen molar-refractivity contribution in [3.05, 3.63) is 34.3 Å². The highest BCUT2D eigenvalue weighted by molar-refractivity contribution is 9.10. The summed E-state index contributed by atoms with van der Waals surface area (Å²) >= 11 is 3.35. The zero-order chi connectivity index (χ0) is 12.1. The molecule has 0 N–H and O–H groups in total. The van der Waals surface area contributed by atoms with Crippen molar-refractivity contribution < 1.29 is 9.59 Å². The van der Waals surface area contributed by atoms with Gasteiger partial charge in [0.15, 0.2) is 0 Å². The molecule has 0 heterocycles. The zero-order valence-electron chi connectivity index (χ0n) is 9.31. The van der Waals surface area contributed by atoms with Crippen molar-refractivity contribution >= 4 is 28.1 Å². The van der Waals surface area contributed by atoms with Gasteiger partial charge in [-0.3, -0.25) is 4.79 Å². The zero-order valence-corrected chi connectivity index (χ0v) is 10.9. The Hall–Kier alpha value is -1.16. The van der Waals surface area contributed by atoms with Crippen LogP contribution in [0.15, 0.2) is 28.7 Å². The van der Waals surface area contributed by atoms with Crippen LogP contribution in [0.25, 0.3) is 0 Å². The summed E-state index contributed by atoms with van der Waals surface area (Å²) in [5.74, 6) is -0.724. The van der Waals surface area contributed by atoms with Gasteiger partial charge in [-0.1, -0.05) is 28.1 Å². The monoisotopic (exact) mass is 283 g/mol. The van der Waals surface area contributed by atoms with Gasteiger partial charge < -0.3 is 9.69 Å². The predicted molar refractivity (Wildman–Crippen MR) is 65.8 cm³/mol. The van der Waals surface area contributed by atoms with E-state index in [4.69, 9.17) is 0 Å². The van der Waals surface area contributed by atoms with E-state index in [1.54, 1.807) is 18.9 Å². The quantitative estimate of drug-likeness (QED) is 0.628. The summed E-state index contributed by atoms with van der Waals surface area (Å²) in [6, 6.07) is 7.74. The van der Waals surface area contributed by atoms with Gasteiger partial charge in [-0.15, -0.1) is 0 Å². The van der Waals surface area contributed by atoms with Crippen molar-refractivity contribution in [3.63, 3.8) is 0 Å². The van der Waals surface area contributed by atoms with E-state index in [9.17, 15) is 9.59 Å². The summed E-state index contributed by atoms with van der Waals surface area (Å²) < 4.78 is 1.01. The molecule has 1 atom stereocenters. The molecule has 16 heavy (non-hydrogen) atoms. The fourth-order valence-electron chi connectivity index (χ4n) is 1.35. The molecule has 0 bridgehead atoms. The minimum atomic E-state index is -0.569. The van der Waals surface area contributed by atoms with Crippen LogP contribution in [0.5, 0.6) is 0 Å². The van der Waals surface area contributed by atoms with E-state index in [0.717, 1.165) is 10.0 Å². The van der Waals surface area contributed by atoms with E-state index < -0.39 is 5.92 Å². The van der Waals surface area contributed by atoms with E-state index in [1.165, 1.54) is 0 Å². The normalized spacial score (nSPS) is 11.9. The first kappa shape index (κ1) is 12.9. The second-order valence-corrected chi connectivity index (χ2v) is 4.66. The van der Waals surface area contributed by atoms with Crippen LogP contribution in [0, 0.1) is 5.92 Å². The van der Waals surface area contributed by atoms with Gasteiger partial charge in [0, 0.05) is 18.1 Å². The fourth-order valence-corrected chi connectivity index (χ4v) is 1.61. The number of hydrogen-bond donors (Lipinski definition) is 0. The second kappa shape index (κ2) is 5.80. The maximum Gasteiger partial charge on any atom is 0.232 e. The molecule has 0 aliphatic rings. The Kier molecular flexibility index (Phi) is 4.68. The molecule has 0 saturated heterocycles. The van der Waals surface area contributed by atoms with Crippen molar-refractivity contribution in [2.45, 2.75) is 13.5 Å². The van der Waals surface area contributed by atoms with Crippen molar-refractivity contribution in [2.24, 2.45) is 5.92 Å². The molecule has 3 nitrogen and oxygen atoms in total. The molecule has 0 fully saturated rings. The molecule has 1 aromatic rings. The van der Waals surface area contributed by atoms with Crippen molar-refractivity contribution in [2.75, 3.05) is 7.05 Å². The summed E-state index contributed by atoms with van der Waals surface area (Å²) in [7, 11) is 1.70. The maximum absolute atomic E-state index is 11.6. The lowest BCUT2D eigenvalue weighted by molar-refractivity contribution is -0.136. The maximum atomic E-state index is 11.6. The molecule has 0 radical (unpaired) electrons. The topological polar surface area (TPSA) is 37.4 Å². The lowest BCUT2D eigenvalue weighted by Crippen LogP contribution is -2.31. The minimum Gasteiger partial charge on any atom is -0.341 e. The van der Waals surface area contributed by atoms with Crippen LogP contribution in [0.3, 0.4) is 0 Å². The number of carbonyl (C=O) groups is 2. The Morgan fingerprint density at radius 1 is 1.44 bits per heavy atom. The van der Waals surface area contributed by atoms with E-state index in [2.05, 4.69) is 15.9 Å². The Labute approximate surface area is 104 Å². The van der Waals surface area contributed by atoms with Crippen molar-refractivity contribution in [3.8, 4) is 0 Å². The SMILES string of the molecule is CC(C=O)C(=O)N(C)Cc1ccc(Br)cc1. The number of carbonyl (C=O) groups excluding carboxylic acids is 2. The summed E-state index contributed by atoms with van der Waals surface area (Å²) in [5, 5.41) is 0. The third-order valence-electron chi connectivity index (χ3n) is 2.30. The van der Waals surface area contributed by atoms with E-state index in [-0.39, 0.29) is 5.91 Å². The lowest BCUT2D eigenvalue weighted by Gasteiger charge is -2.18. The first-order valence-electron chi connectivity index (χ1n) is 4.99. The van der Waals surface area contributed by atoms with Gasteiger partial charge in [-0.05, 0) is 24.6 Å². The molecule has 1 rings (SSSR count). The molecule has 0 aliphatic carbocycles. The molecule has 0 saturated carbocycles. The molecular weight excluding hydrogens is 270 g/mol. The van der Waals surface area contributed by atoms with Crippen LogP contribution >= 0.6 is 15.9 Å². The Morgan fingerprint density at radius 2 is 2.00 bits per heavy atom. The van der Waals surface area contributed by atoms with E-state index in [1.807, 2.05) is 24.3 Å². The van der Waals surface area contributed by atoms with Crippen LogP contribution in [0.1, 0.15) is 12.5 Å². The molecule has 1 aromatic carbocycles. The lowest BCUT2D eigenvalue weighted by atomic mass is 10.1. The van der Waals surface area contributed by atoms with Crippen molar-refractivity contribution in [1.29, 1.82) is 0 Å². The minimum absolute atomic E-state index is 0.155. The number of nitrogens with zero attached hydrogens (tertiary/aromatic N) is 1. The molecule has 0 aliphatic heterocycles. The van der Waals surface area contributed by atoms with Crippen molar-refractivity contribution in [1.82, 2.24) is 4.90 Å². The fraction of sp³-hybridized carbons (Fsp3) is 0.333. The standard InChI is InChI=1S/C12H14BrNO2/c1-9(8-15)12(16)14(2)7-10-3-5-11(13)6-4-10/h3-6,8-9H,7H2,1-2H3. The van der Waals surface area contributed by atoms with Gasteiger partial charge in [0.25, 0.3) is 0 Å². The summed E-state index contributed by atoms with van der Waals surface area (Å²) in [6.07, 6.45) is 0.667. The number of amides is 1. The molecule has 1 amide bonds. The molecule has 86 valence electrons. The Balaban J connectivity index is 2.64. The van der Waals surface area contributed by atoms with E-state index >= 15 is 0 Å². The third-order valence-corrected chi connectivity index (χ3v) is 2.83. The number of rotatable bonds is 4. The molecule has 1 unspecified atom stereocenters. The number of aldehydes is 1. The van der Waals surface area contributed by atoms with Gasteiger partial charge >= 0.3 is 0 Å². The van der Waals surface area contributed by atoms with Gasteiger partial charge in [0.2, 0.25) is 5.91 Å². The second-order valence-electron chi connectivity index (χ2n) is 3.75. The first-order valence-corrected chi connectivity index (χ1v) is 5.78. The summed E-state index contributed by atoms with van der Waals surface area (Å²) in [4.78, 5) is 23.7. The van der Waals surface area contributed by atoms with Gasteiger partial charge in [-0.2, -0.15) is 0 Å². The highest BCUT2D eigenvalue weighted by Crippen LogP contribution is 2.12. The summed E-state index contributed by atoms with van der Waals surface area (Å²) in [6.45, 7) is 2.12. The number of benzene rings is 1. The predicted octanol–water partition coefficient (Wildman–Crippen LogP) is 2.24.